The number of carbonyl (C=O) groups is 1. The Labute approximate surface area is 126 Å². The molecule has 0 unspecified atom stereocenters. The molecule has 0 aromatic heterocycles. The monoisotopic (exact) mass is 282 g/mol. The second kappa shape index (κ2) is 7.07. The first-order valence-electron chi connectivity index (χ1n) is 7.46. The molecule has 0 aliphatic carbocycles. The summed E-state index contributed by atoms with van der Waals surface area (Å²) in [7, 11) is 0. The van der Waals surface area contributed by atoms with Crippen LogP contribution in [0.15, 0.2) is 42.5 Å². The smallest absolute Gasteiger partial charge is 0.160 e. The molecule has 0 radical (unpaired) electrons. The Bertz CT molecular complexity index is 629. The molecule has 2 nitrogen and oxygen atoms in total. The van der Waals surface area contributed by atoms with E-state index in [0.29, 0.717) is 0 Å². The van der Waals surface area contributed by atoms with Crippen molar-refractivity contribution in [2.75, 3.05) is 6.61 Å². The van der Waals surface area contributed by atoms with Crippen molar-refractivity contribution >= 4 is 5.78 Å². The Morgan fingerprint density at radius 2 is 1.86 bits per heavy atom. The van der Waals surface area contributed by atoms with Crippen LogP contribution in [0, 0.1) is 6.92 Å². The molecule has 0 saturated heterocycles. The summed E-state index contributed by atoms with van der Waals surface area (Å²) in [4.78, 5) is 11.5. The molecular weight excluding hydrogens is 260 g/mol. The van der Waals surface area contributed by atoms with Crippen LogP contribution in [0.3, 0.4) is 0 Å². The third-order valence-corrected chi connectivity index (χ3v) is 3.54. The summed E-state index contributed by atoms with van der Waals surface area (Å²) in [5.74, 6) is 1.00. The van der Waals surface area contributed by atoms with E-state index in [4.69, 9.17) is 4.74 Å². The van der Waals surface area contributed by atoms with Gasteiger partial charge in [0.1, 0.15) is 5.75 Å². The van der Waals surface area contributed by atoms with E-state index >= 15 is 0 Å². The van der Waals surface area contributed by atoms with Gasteiger partial charge in [0.2, 0.25) is 0 Å². The van der Waals surface area contributed by atoms with E-state index in [1.54, 1.807) is 6.92 Å². The van der Waals surface area contributed by atoms with Gasteiger partial charge in [0.05, 0.1) is 6.61 Å². The van der Waals surface area contributed by atoms with E-state index < -0.39 is 0 Å². The predicted molar refractivity (Wildman–Crippen MR) is 87.0 cm³/mol. The average Bonchev–Trinajstić information content (AvgIpc) is 2.47. The normalized spacial score (nSPS) is 10.4. The molecule has 0 amide bonds. The van der Waals surface area contributed by atoms with Crippen LogP contribution in [-0.2, 0) is 0 Å². The quantitative estimate of drug-likeness (QED) is 0.548. The molecule has 0 fully saturated rings. The molecular formula is C19H22O2. The summed E-state index contributed by atoms with van der Waals surface area (Å²) in [6.07, 6.45) is 2.20. The maximum Gasteiger partial charge on any atom is 0.160 e. The van der Waals surface area contributed by atoms with Gasteiger partial charge in [-0.15, -0.1) is 0 Å². The second-order valence-electron chi connectivity index (χ2n) is 5.32. The number of ether oxygens (including phenoxy) is 1. The molecule has 0 spiro atoms. The fourth-order valence-corrected chi connectivity index (χ4v) is 2.34. The van der Waals surface area contributed by atoms with Crippen molar-refractivity contribution in [3.63, 3.8) is 0 Å². The zero-order chi connectivity index (χ0) is 15.2. The summed E-state index contributed by atoms with van der Waals surface area (Å²) in [6, 6.07) is 14.1. The number of hydrogen-bond donors (Lipinski definition) is 0. The average molecular weight is 282 g/mol. The summed E-state index contributed by atoms with van der Waals surface area (Å²) < 4.78 is 5.75. The van der Waals surface area contributed by atoms with Gasteiger partial charge in [0, 0.05) is 5.56 Å². The largest absolute Gasteiger partial charge is 0.494 e. The lowest BCUT2D eigenvalue weighted by Gasteiger charge is -2.09. The minimum atomic E-state index is 0.107. The molecule has 0 heterocycles. The number of hydrogen-bond acceptors (Lipinski definition) is 2. The third kappa shape index (κ3) is 3.94. The fraction of sp³-hybridized carbons (Fsp3) is 0.316. The zero-order valence-electron chi connectivity index (χ0n) is 13.0. The lowest BCUT2D eigenvalue weighted by Crippen LogP contribution is -1.97. The van der Waals surface area contributed by atoms with Crippen molar-refractivity contribution in [1.82, 2.24) is 0 Å². The molecule has 0 aliphatic rings. The van der Waals surface area contributed by atoms with Crippen molar-refractivity contribution in [2.24, 2.45) is 0 Å². The van der Waals surface area contributed by atoms with Gasteiger partial charge >= 0.3 is 0 Å². The van der Waals surface area contributed by atoms with E-state index in [1.165, 1.54) is 0 Å². The van der Waals surface area contributed by atoms with Gasteiger partial charge in [-0.1, -0.05) is 43.7 Å². The van der Waals surface area contributed by atoms with Gasteiger partial charge < -0.3 is 4.74 Å². The molecule has 0 bridgehead atoms. The van der Waals surface area contributed by atoms with Gasteiger partial charge in [-0.25, -0.2) is 0 Å². The standard InChI is InChI=1S/C19H22O2/c1-4-5-11-21-18-8-6-7-16(13-18)17-9-10-19(15(3)20)14(2)12-17/h6-10,12-13H,4-5,11H2,1-3H3. The fourth-order valence-electron chi connectivity index (χ4n) is 2.34. The highest BCUT2D eigenvalue weighted by Gasteiger charge is 2.06. The van der Waals surface area contributed by atoms with Crippen molar-refractivity contribution in [3.8, 4) is 16.9 Å². The van der Waals surface area contributed by atoms with Crippen LogP contribution >= 0.6 is 0 Å². The van der Waals surface area contributed by atoms with E-state index in [9.17, 15) is 4.79 Å². The molecule has 0 N–H and O–H groups in total. The maximum absolute atomic E-state index is 11.5. The summed E-state index contributed by atoms with van der Waals surface area (Å²) in [5, 5.41) is 0. The number of carbonyl (C=O) groups excluding carboxylic acids is 1. The summed E-state index contributed by atoms with van der Waals surface area (Å²) >= 11 is 0. The summed E-state index contributed by atoms with van der Waals surface area (Å²) in [5.41, 5.74) is 4.02. The molecule has 0 aliphatic heterocycles. The molecule has 2 aromatic carbocycles. The first-order chi connectivity index (χ1) is 10.1. The summed E-state index contributed by atoms with van der Waals surface area (Å²) in [6.45, 7) is 6.48. The van der Waals surface area contributed by atoms with Crippen LogP contribution in [0.4, 0.5) is 0 Å². The molecule has 2 aromatic rings. The van der Waals surface area contributed by atoms with E-state index in [1.807, 2.05) is 31.2 Å². The Morgan fingerprint density at radius 3 is 2.52 bits per heavy atom. The topological polar surface area (TPSA) is 26.3 Å². The molecule has 0 atom stereocenters. The van der Waals surface area contributed by atoms with Gasteiger partial charge in [-0.2, -0.15) is 0 Å². The van der Waals surface area contributed by atoms with Gasteiger partial charge in [0.25, 0.3) is 0 Å². The lowest BCUT2D eigenvalue weighted by molar-refractivity contribution is 0.101. The predicted octanol–water partition coefficient (Wildman–Crippen LogP) is 5.04. The molecule has 21 heavy (non-hydrogen) atoms. The van der Waals surface area contributed by atoms with Crippen molar-refractivity contribution < 1.29 is 9.53 Å². The van der Waals surface area contributed by atoms with Crippen LogP contribution in [0.5, 0.6) is 5.75 Å². The number of benzene rings is 2. The van der Waals surface area contributed by atoms with Gasteiger partial charge in [0.15, 0.2) is 5.78 Å². The van der Waals surface area contributed by atoms with E-state index in [0.717, 1.165) is 47.5 Å². The first kappa shape index (κ1) is 15.3. The van der Waals surface area contributed by atoms with Crippen LogP contribution in [-0.4, -0.2) is 12.4 Å². The molecule has 0 saturated carbocycles. The minimum Gasteiger partial charge on any atom is -0.494 e. The first-order valence-corrected chi connectivity index (χ1v) is 7.46. The highest BCUT2D eigenvalue weighted by Crippen LogP contribution is 2.26. The van der Waals surface area contributed by atoms with E-state index in [-0.39, 0.29) is 5.78 Å². The van der Waals surface area contributed by atoms with Gasteiger partial charge in [-0.05, 0) is 49.1 Å². The Hall–Kier alpha value is -2.09. The number of unbranched alkanes of at least 4 members (excludes halogenated alkanes) is 1. The highest BCUT2D eigenvalue weighted by molar-refractivity contribution is 5.96. The highest BCUT2D eigenvalue weighted by atomic mass is 16.5. The van der Waals surface area contributed by atoms with Crippen LogP contribution in [0.25, 0.3) is 11.1 Å². The van der Waals surface area contributed by atoms with Crippen LogP contribution < -0.4 is 4.74 Å². The third-order valence-electron chi connectivity index (χ3n) is 3.54. The zero-order valence-corrected chi connectivity index (χ0v) is 13.0. The second-order valence-corrected chi connectivity index (χ2v) is 5.32. The molecule has 2 rings (SSSR count). The Balaban J connectivity index is 2.23. The van der Waals surface area contributed by atoms with Gasteiger partial charge in [-0.3, -0.25) is 4.79 Å². The van der Waals surface area contributed by atoms with Crippen LogP contribution in [0.1, 0.15) is 42.6 Å². The SMILES string of the molecule is CCCCOc1cccc(-c2ccc(C(C)=O)c(C)c2)c1. The van der Waals surface area contributed by atoms with Crippen LogP contribution in [0.2, 0.25) is 0 Å². The maximum atomic E-state index is 11.5. The number of Topliss-reactive ketones (excluding diaryl/α,β-unsaturated/α-hetero) is 1. The van der Waals surface area contributed by atoms with Crippen molar-refractivity contribution in [2.45, 2.75) is 33.6 Å². The minimum absolute atomic E-state index is 0.107. The molecule has 2 heteroatoms. The Morgan fingerprint density at radius 1 is 1.10 bits per heavy atom. The number of rotatable bonds is 6. The number of ketones is 1. The molecule has 110 valence electrons. The van der Waals surface area contributed by atoms with Crippen molar-refractivity contribution in [3.05, 3.63) is 53.6 Å². The Kier molecular flexibility index (Phi) is 5.15. The van der Waals surface area contributed by atoms with Crippen molar-refractivity contribution in [1.29, 1.82) is 0 Å². The number of aryl methyl sites for hydroxylation is 1. The lowest BCUT2D eigenvalue weighted by atomic mass is 9.98. The van der Waals surface area contributed by atoms with E-state index in [2.05, 4.69) is 25.1 Å².